The van der Waals surface area contributed by atoms with Gasteiger partial charge in [-0.15, -0.1) is 0 Å². The van der Waals surface area contributed by atoms with Crippen molar-refractivity contribution in [3.63, 3.8) is 0 Å². The van der Waals surface area contributed by atoms with E-state index in [1.807, 2.05) is 67.6 Å². The summed E-state index contributed by atoms with van der Waals surface area (Å²) in [6.45, 7) is 1.82. The van der Waals surface area contributed by atoms with E-state index in [9.17, 15) is 4.39 Å². The molecule has 0 bridgehead atoms. The first-order valence-corrected chi connectivity index (χ1v) is 8.17. The molecule has 0 aliphatic rings. The minimum absolute atomic E-state index is 0.331. The summed E-state index contributed by atoms with van der Waals surface area (Å²) in [4.78, 5) is 4.52. The number of halogens is 1. The van der Waals surface area contributed by atoms with E-state index in [0.717, 1.165) is 5.69 Å². The Kier molecular flexibility index (Phi) is 5.78. The van der Waals surface area contributed by atoms with Crippen LogP contribution in [0, 0.1) is 5.82 Å². The van der Waals surface area contributed by atoms with Gasteiger partial charge in [-0.05, 0) is 43.3 Å². The number of hydrogen-bond donors (Lipinski definition) is 0. The predicted molar refractivity (Wildman–Crippen MR) is 101 cm³/mol. The van der Waals surface area contributed by atoms with Gasteiger partial charge in [0.1, 0.15) is 17.3 Å². The highest BCUT2D eigenvalue weighted by Crippen LogP contribution is 2.19. The molecule has 0 aromatic heterocycles. The Morgan fingerprint density at radius 1 is 0.846 bits per heavy atom. The smallest absolute Gasteiger partial charge is 0.225 e. The zero-order valence-electron chi connectivity index (χ0n) is 14.3. The van der Waals surface area contributed by atoms with Gasteiger partial charge in [0.15, 0.2) is 0 Å². The summed E-state index contributed by atoms with van der Waals surface area (Å²) >= 11 is 0. The van der Waals surface area contributed by atoms with Gasteiger partial charge in [-0.1, -0.05) is 42.5 Å². The van der Waals surface area contributed by atoms with Crippen LogP contribution in [0.25, 0.3) is 0 Å². The second kappa shape index (κ2) is 8.62. The Hall–Kier alpha value is -3.40. The normalized spacial score (nSPS) is 11.9. The topological polar surface area (TPSA) is 30.8 Å². The van der Waals surface area contributed by atoms with Crippen molar-refractivity contribution in [2.24, 2.45) is 4.99 Å². The van der Waals surface area contributed by atoms with E-state index in [4.69, 9.17) is 9.47 Å². The van der Waals surface area contributed by atoms with Crippen LogP contribution in [0.15, 0.2) is 102 Å². The maximum Gasteiger partial charge on any atom is 0.225 e. The van der Waals surface area contributed by atoms with Crippen molar-refractivity contribution in [3.05, 3.63) is 103 Å². The quantitative estimate of drug-likeness (QED) is 0.326. The molecule has 0 heterocycles. The van der Waals surface area contributed by atoms with Crippen molar-refractivity contribution >= 4 is 11.6 Å². The van der Waals surface area contributed by atoms with Crippen LogP contribution in [0.2, 0.25) is 0 Å². The molecule has 0 saturated carbocycles. The van der Waals surface area contributed by atoms with Crippen molar-refractivity contribution < 1.29 is 13.9 Å². The molecule has 0 aliphatic carbocycles. The zero-order chi connectivity index (χ0) is 18.2. The highest BCUT2D eigenvalue weighted by atomic mass is 19.1. The third-order valence-electron chi connectivity index (χ3n) is 3.45. The Balaban J connectivity index is 1.88. The van der Waals surface area contributed by atoms with Crippen molar-refractivity contribution in [2.45, 2.75) is 6.92 Å². The summed E-state index contributed by atoms with van der Waals surface area (Å²) in [5.41, 5.74) is 1.40. The van der Waals surface area contributed by atoms with Crippen molar-refractivity contribution in [1.29, 1.82) is 0 Å². The molecule has 0 fully saturated rings. The van der Waals surface area contributed by atoms with Crippen LogP contribution in [-0.4, -0.2) is 5.90 Å². The first-order chi connectivity index (χ1) is 12.7. The fourth-order valence-electron chi connectivity index (χ4n) is 2.16. The Bertz CT molecular complexity index is 906. The van der Waals surface area contributed by atoms with Crippen molar-refractivity contribution in [3.8, 4) is 11.5 Å². The SMILES string of the molecule is CC(=COc1ccccc1)C(=Nc1ccccc1)Oc1cccc(F)c1. The third-order valence-corrected chi connectivity index (χ3v) is 3.45. The number of benzene rings is 3. The van der Waals surface area contributed by atoms with E-state index in [0.29, 0.717) is 23.0 Å². The lowest BCUT2D eigenvalue weighted by Crippen LogP contribution is -2.11. The molecule has 130 valence electrons. The van der Waals surface area contributed by atoms with Crippen LogP contribution in [0.1, 0.15) is 6.92 Å². The molecule has 3 aromatic carbocycles. The van der Waals surface area contributed by atoms with Gasteiger partial charge in [-0.3, -0.25) is 0 Å². The van der Waals surface area contributed by atoms with E-state index in [1.165, 1.54) is 12.1 Å². The second-order valence-corrected chi connectivity index (χ2v) is 5.54. The summed E-state index contributed by atoms with van der Waals surface area (Å²) < 4.78 is 24.9. The lowest BCUT2D eigenvalue weighted by atomic mass is 10.3. The average Bonchev–Trinajstić information content (AvgIpc) is 2.67. The molecule has 0 saturated heterocycles. The second-order valence-electron chi connectivity index (χ2n) is 5.54. The van der Waals surface area contributed by atoms with Gasteiger partial charge < -0.3 is 9.47 Å². The van der Waals surface area contributed by atoms with Crippen molar-refractivity contribution in [2.75, 3.05) is 0 Å². The van der Waals surface area contributed by atoms with Gasteiger partial charge in [0, 0.05) is 11.6 Å². The predicted octanol–water partition coefficient (Wildman–Crippen LogP) is 5.92. The molecule has 0 aliphatic heterocycles. The van der Waals surface area contributed by atoms with E-state index < -0.39 is 0 Å². The maximum atomic E-state index is 13.5. The van der Waals surface area contributed by atoms with E-state index in [2.05, 4.69) is 4.99 Å². The molecule has 4 heteroatoms. The zero-order valence-corrected chi connectivity index (χ0v) is 14.3. The number of hydrogen-bond acceptors (Lipinski definition) is 3. The van der Waals surface area contributed by atoms with Gasteiger partial charge >= 0.3 is 0 Å². The largest absolute Gasteiger partial charge is 0.465 e. The number of nitrogens with zero attached hydrogens (tertiary/aromatic N) is 1. The molecule has 0 atom stereocenters. The standard InChI is InChI=1S/C22H18FNO2/c1-17(16-25-20-12-6-3-7-13-20)22(24-19-10-4-2-5-11-19)26-21-14-8-9-18(23)15-21/h2-16H,1H3. The van der Waals surface area contributed by atoms with Crippen LogP contribution < -0.4 is 9.47 Å². The van der Waals surface area contributed by atoms with Crippen LogP contribution in [0.3, 0.4) is 0 Å². The summed E-state index contributed by atoms with van der Waals surface area (Å²) in [6, 6.07) is 24.7. The lowest BCUT2D eigenvalue weighted by Gasteiger charge is -2.10. The van der Waals surface area contributed by atoms with E-state index in [-0.39, 0.29) is 5.82 Å². The third kappa shape index (κ3) is 5.05. The molecule has 0 unspecified atom stereocenters. The molecule has 0 amide bonds. The molecule has 0 N–H and O–H groups in total. The first-order valence-electron chi connectivity index (χ1n) is 8.17. The number of para-hydroxylation sites is 2. The molecular weight excluding hydrogens is 329 g/mol. The summed E-state index contributed by atoms with van der Waals surface area (Å²) in [5.74, 6) is 1.03. The van der Waals surface area contributed by atoms with Gasteiger partial charge in [-0.2, -0.15) is 0 Å². The van der Waals surface area contributed by atoms with Gasteiger partial charge in [0.25, 0.3) is 0 Å². The highest BCUT2D eigenvalue weighted by molar-refractivity contribution is 5.96. The molecule has 26 heavy (non-hydrogen) atoms. The van der Waals surface area contributed by atoms with Gasteiger partial charge in [0.2, 0.25) is 5.90 Å². The van der Waals surface area contributed by atoms with Crippen LogP contribution in [0.5, 0.6) is 11.5 Å². The minimum atomic E-state index is -0.372. The van der Waals surface area contributed by atoms with E-state index >= 15 is 0 Å². The average molecular weight is 347 g/mol. The van der Waals surface area contributed by atoms with E-state index in [1.54, 1.807) is 18.4 Å². The number of rotatable bonds is 5. The van der Waals surface area contributed by atoms with Crippen LogP contribution in [-0.2, 0) is 0 Å². The lowest BCUT2D eigenvalue weighted by molar-refractivity contribution is 0.473. The molecule has 3 aromatic rings. The fraction of sp³-hybridized carbons (Fsp3) is 0.0455. The van der Waals surface area contributed by atoms with Gasteiger partial charge in [0.05, 0.1) is 11.9 Å². The minimum Gasteiger partial charge on any atom is -0.465 e. The van der Waals surface area contributed by atoms with Crippen LogP contribution in [0.4, 0.5) is 10.1 Å². The number of ether oxygens (including phenoxy) is 2. The molecule has 3 rings (SSSR count). The molecule has 3 nitrogen and oxygen atoms in total. The van der Waals surface area contributed by atoms with Crippen molar-refractivity contribution in [1.82, 2.24) is 0 Å². The summed E-state index contributed by atoms with van der Waals surface area (Å²) in [7, 11) is 0. The fourth-order valence-corrected chi connectivity index (χ4v) is 2.16. The molecule has 0 spiro atoms. The highest BCUT2D eigenvalue weighted by Gasteiger charge is 2.08. The Morgan fingerprint density at radius 3 is 2.19 bits per heavy atom. The summed E-state index contributed by atoms with van der Waals surface area (Å²) in [6.07, 6.45) is 1.57. The molecule has 0 radical (unpaired) electrons. The Labute approximate surface area is 152 Å². The first kappa shape index (κ1) is 17.4. The Morgan fingerprint density at radius 2 is 1.50 bits per heavy atom. The number of aliphatic imine (C=N–C) groups is 1. The van der Waals surface area contributed by atoms with Gasteiger partial charge in [-0.25, -0.2) is 9.38 Å². The summed E-state index contributed by atoms with van der Waals surface area (Å²) in [5, 5.41) is 0. The molecular formula is C22H18FNO2. The van der Waals surface area contributed by atoms with Crippen LogP contribution >= 0.6 is 0 Å². The monoisotopic (exact) mass is 347 g/mol. The maximum absolute atomic E-state index is 13.5.